The van der Waals surface area contributed by atoms with Gasteiger partial charge in [-0.05, 0) is 25.5 Å². The Hall–Kier alpha value is -1.96. The molecule has 1 aromatic rings. The number of hydrogen-bond acceptors (Lipinski definition) is 3. The molecule has 1 unspecified atom stereocenters. The number of nitrogens with zero attached hydrogens (tertiary/aromatic N) is 1. The molecule has 1 atom stereocenters. The van der Waals surface area contributed by atoms with Gasteiger partial charge in [-0.15, -0.1) is 0 Å². The van der Waals surface area contributed by atoms with Crippen LogP contribution < -0.4 is 15.4 Å². The van der Waals surface area contributed by atoms with Crippen molar-refractivity contribution in [2.24, 2.45) is 4.99 Å². The van der Waals surface area contributed by atoms with Crippen LogP contribution in [-0.4, -0.2) is 44.5 Å². The first-order chi connectivity index (χ1) is 12.4. The van der Waals surface area contributed by atoms with Crippen molar-refractivity contribution in [2.45, 2.75) is 45.5 Å². The van der Waals surface area contributed by atoms with Gasteiger partial charge in [-0.3, -0.25) is 0 Å². The summed E-state index contributed by atoms with van der Waals surface area (Å²) < 4.78 is 48.3. The normalized spacial score (nSPS) is 18.0. The Balaban J connectivity index is 2.02. The van der Waals surface area contributed by atoms with Gasteiger partial charge in [0.1, 0.15) is 11.9 Å². The summed E-state index contributed by atoms with van der Waals surface area (Å²) in [5.74, 6) is 1.10. The SMILES string of the molecule is CCNC(=NCc1ccc(C)cc1OC1CCOC1)NCCC(F)(F)F. The minimum Gasteiger partial charge on any atom is -0.488 e. The molecule has 0 bridgehead atoms. The van der Waals surface area contributed by atoms with Crippen LogP contribution in [0.1, 0.15) is 30.9 Å². The molecule has 2 rings (SSSR count). The highest BCUT2D eigenvalue weighted by molar-refractivity contribution is 5.79. The summed E-state index contributed by atoms with van der Waals surface area (Å²) in [6.07, 6.45) is -4.22. The van der Waals surface area contributed by atoms with E-state index < -0.39 is 12.6 Å². The maximum Gasteiger partial charge on any atom is 0.390 e. The van der Waals surface area contributed by atoms with Crippen molar-refractivity contribution in [3.8, 4) is 5.75 Å². The predicted molar refractivity (Wildman–Crippen MR) is 94.5 cm³/mol. The van der Waals surface area contributed by atoms with E-state index in [-0.39, 0.29) is 12.6 Å². The molecule has 0 aromatic heterocycles. The molecule has 0 spiro atoms. The van der Waals surface area contributed by atoms with Gasteiger partial charge in [-0.1, -0.05) is 12.1 Å². The number of halogens is 3. The fourth-order valence-corrected chi connectivity index (χ4v) is 2.52. The Morgan fingerprint density at radius 3 is 2.81 bits per heavy atom. The van der Waals surface area contributed by atoms with E-state index in [4.69, 9.17) is 9.47 Å². The monoisotopic (exact) mass is 373 g/mol. The number of ether oxygens (including phenoxy) is 2. The standard InChI is InChI=1S/C18H26F3N3O2/c1-3-22-17(23-8-7-18(19,20)21)24-11-14-5-4-13(2)10-16(14)26-15-6-9-25-12-15/h4-5,10,15H,3,6-9,11-12H2,1-2H3,(H2,22,23,24). The first-order valence-corrected chi connectivity index (χ1v) is 8.80. The second-order valence-corrected chi connectivity index (χ2v) is 6.20. The van der Waals surface area contributed by atoms with Gasteiger partial charge in [0.2, 0.25) is 0 Å². The van der Waals surface area contributed by atoms with E-state index in [1.165, 1.54) is 0 Å². The molecule has 1 heterocycles. The molecule has 0 radical (unpaired) electrons. The third kappa shape index (κ3) is 7.11. The fourth-order valence-electron chi connectivity index (χ4n) is 2.52. The minimum absolute atomic E-state index is 0.0256. The Morgan fingerprint density at radius 2 is 2.15 bits per heavy atom. The maximum absolute atomic E-state index is 12.3. The highest BCUT2D eigenvalue weighted by Crippen LogP contribution is 2.24. The van der Waals surface area contributed by atoms with Gasteiger partial charge >= 0.3 is 6.18 Å². The first kappa shape index (κ1) is 20.4. The number of aliphatic imine (C=N–C) groups is 1. The second kappa shape index (κ2) is 9.66. The minimum atomic E-state index is -4.19. The van der Waals surface area contributed by atoms with E-state index in [0.29, 0.717) is 32.3 Å². The number of aryl methyl sites for hydroxylation is 1. The Morgan fingerprint density at radius 1 is 1.35 bits per heavy atom. The van der Waals surface area contributed by atoms with Crippen LogP contribution >= 0.6 is 0 Å². The fraction of sp³-hybridized carbons (Fsp3) is 0.611. The van der Waals surface area contributed by atoms with Crippen molar-refractivity contribution in [3.63, 3.8) is 0 Å². The summed E-state index contributed by atoms with van der Waals surface area (Å²) in [5.41, 5.74) is 1.96. The van der Waals surface area contributed by atoms with Gasteiger partial charge in [0.05, 0.1) is 26.2 Å². The van der Waals surface area contributed by atoms with Crippen LogP contribution in [0.4, 0.5) is 13.2 Å². The zero-order valence-electron chi connectivity index (χ0n) is 15.2. The van der Waals surface area contributed by atoms with Gasteiger partial charge in [0.25, 0.3) is 0 Å². The van der Waals surface area contributed by atoms with Crippen LogP contribution in [0, 0.1) is 6.92 Å². The maximum atomic E-state index is 12.3. The lowest BCUT2D eigenvalue weighted by Gasteiger charge is -2.16. The number of hydrogen-bond donors (Lipinski definition) is 2. The van der Waals surface area contributed by atoms with Crippen molar-refractivity contribution in [2.75, 3.05) is 26.3 Å². The number of benzene rings is 1. The Labute approximate surface area is 152 Å². The van der Waals surface area contributed by atoms with Gasteiger partial charge in [-0.2, -0.15) is 13.2 Å². The highest BCUT2D eigenvalue weighted by Gasteiger charge is 2.26. The Kier molecular flexibility index (Phi) is 7.56. The molecule has 1 saturated heterocycles. The van der Waals surface area contributed by atoms with Gasteiger partial charge in [-0.25, -0.2) is 4.99 Å². The molecule has 0 saturated carbocycles. The molecule has 8 heteroatoms. The smallest absolute Gasteiger partial charge is 0.390 e. The average molecular weight is 373 g/mol. The number of alkyl halides is 3. The summed E-state index contributed by atoms with van der Waals surface area (Å²) in [6, 6.07) is 5.85. The van der Waals surface area contributed by atoms with Gasteiger partial charge in [0, 0.05) is 25.1 Å². The summed E-state index contributed by atoms with van der Waals surface area (Å²) in [6.45, 7) is 5.76. The van der Waals surface area contributed by atoms with Gasteiger partial charge in [0.15, 0.2) is 5.96 Å². The lowest BCUT2D eigenvalue weighted by atomic mass is 10.1. The molecule has 0 amide bonds. The largest absolute Gasteiger partial charge is 0.488 e. The van der Waals surface area contributed by atoms with Crippen LogP contribution in [0.15, 0.2) is 23.2 Å². The van der Waals surface area contributed by atoms with Crippen molar-refractivity contribution < 1.29 is 22.6 Å². The molecular weight excluding hydrogens is 347 g/mol. The highest BCUT2D eigenvalue weighted by atomic mass is 19.4. The zero-order valence-corrected chi connectivity index (χ0v) is 15.2. The van der Waals surface area contributed by atoms with Crippen molar-refractivity contribution in [3.05, 3.63) is 29.3 Å². The van der Waals surface area contributed by atoms with Gasteiger partial charge < -0.3 is 20.1 Å². The zero-order chi connectivity index (χ0) is 19.0. The molecule has 146 valence electrons. The summed E-state index contributed by atoms with van der Waals surface area (Å²) in [7, 11) is 0. The third-order valence-corrected chi connectivity index (χ3v) is 3.86. The number of rotatable bonds is 7. The van der Waals surface area contributed by atoms with Crippen LogP contribution in [0.25, 0.3) is 0 Å². The number of guanidine groups is 1. The molecule has 1 aliphatic heterocycles. The predicted octanol–water partition coefficient (Wildman–Crippen LogP) is 3.17. The average Bonchev–Trinajstić information content (AvgIpc) is 3.06. The van der Waals surface area contributed by atoms with Crippen LogP contribution in [0.5, 0.6) is 5.75 Å². The van der Waals surface area contributed by atoms with Crippen molar-refractivity contribution in [1.29, 1.82) is 0 Å². The summed E-state index contributed by atoms with van der Waals surface area (Å²) in [4.78, 5) is 4.38. The lowest BCUT2D eigenvalue weighted by molar-refractivity contribution is -0.132. The molecule has 5 nitrogen and oxygen atoms in total. The van der Waals surface area contributed by atoms with E-state index in [1.807, 2.05) is 32.0 Å². The van der Waals surface area contributed by atoms with E-state index in [0.717, 1.165) is 23.3 Å². The van der Waals surface area contributed by atoms with E-state index in [2.05, 4.69) is 15.6 Å². The van der Waals surface area contributed by atoms with E-state index >= 15 is 0 Å². The van der Waals surface area contributed by atoms with Crippen molar-refractivity contribution in [1.82, 2.24) is 10.6 Å². The lowest BCUT2D eigenvalue weighted by Crippen LogP contribution is -2.38. The molecule has 0 aliphatic carbocycles. The summed E-state index contributed by atoms with van der Waals surface area (Å²) >= 11 is 0. The third-order valence-electron chi connectivity index (χ3n) is 3.86. The van der Waals surface area contributed by atoms with Crippen molar-refractivity contribution >= 4 is 5.96 Å². The van der Waals surface area contributed by atoms with Crippen LogP contribution in [0.3, 0.4) is 0 Å². The molecule has 2 N–H and O–H groups in total. The topological polar surface area (TPSA) is 54.9 Å². The van der Waals surface area contributed by atoms with Crippen LogP contribution in [0.2, 0.25) is 0 Å². The Bertz CT molecular complexity index is 600. The van der Waals surface area contributed by atoms with E-state index in [1.54, 1.807) is 0 Å². The second-order valence-electron chi connectivity index (χ2n) is 6.20. The molecule has 26 heavy (non-hydrogen) atoms. The quantitative estimate of drug-likeness (QED) is 0.569. The molecular formula is C18H26F3N3O2. The molecule has 1 aliphatic rings. The molecule has 1 fully saturated rings. The van der Waals surface area contributed by atoms with E-state index in [9.17, 15) is 13.2 Å². The summed E-state index contributed by atoms with van der Waals surface area (Å²) in [5, 5.41) is 5.66. The molecule has 1 aromatic carbocycles. The van der Waals surface area contributed by atoms with Crippen LogP contribution in [-0.2, 0) is 11.3 Å². The number of nitrogens with one attached hydrogen (secondary N) is 2. The first-order valence-electron chi connectivity index (χ1n) is 8.80.